The molecule has 0 saturated heterocycles. The van der Waals surface area contributed by atoms with Crippen molar-refractivity contribution in [3.8, 4) is 5.75 Å². The number of rotatable bonds is 0. The molecule has 1 heterocycles. The van der Waals surface area contributed by atoms with Crippen LogP contribution in [0.5, 0.6) is 5.75 Å². The molecule has 0 fully saturated rings. The van der Waals surface area contributed by atoms with Crippen molar-refractivity contribution in [3.63, 3.8) is 0 Å². The number of aromatic nitrogens is 1. The highest BCUT2D eigenvalue weighted by molar-refractivity contribution is 6.35. The topological polar surface area (TPSA) is 33.1 Å². The summed E-state index contributed by atoms with van der Waals surface area (Å²) in [5.41, 5.74) is 0.361. The number of nitrogens with zero attached hydrogens (tertiary/aromatic N) is 1. The fraction of sp³-hybridized carbons (Fsp3) is 0. The maximum absolute atomic E-state index is 12.9. The van der Waals surface area contributed by atoms with Gasteiger partial charge in [-0.2, -0.15) is 0 Å². The van der Waals surface area contributed by atoms with E-state index in [9.17, 15) is 4.39 Å². The summed E-state index contributed by atoms with van der Waals surface area (Å²) in [6, 6.07) is 4.24. The molecule has 0 atom stereocenters. The molecule has 0 saturated carbocycles. The molecular formula is C9H5ClFNO. The van der Waals surface area contributed by atoms with Crippen LogP contribution in [-0.4, -0.2) is 10.1 Å². The molecule has 0 aliphatic carbocycles. The van der Waals surface area contributed by atoms with Crippen molar-refractivity contribution >= 4 is 22.5 Å². The van der Waals surface area contributed by atoms with Crippen molar-refractivity contribution in [1.29, 1.82) is 0 Å². The van der Waals surface area contributed by atoms with Crippen LogP contribution in [0.1, 0.15) is 0 Å². The van der Waals surface area contributed by atoms with E-state index in [1.165, 1.54) is 24.4 Å². The van der Waals surface area contributed by atoms with Crippen molar-refractivity contribution in [2.24, 2.45) is 0 Å². The number of hydrogen-bond donors (Lipinski definition) is 1. The quantitative estimate of drug-likeness (QED) is 0.705. The maximum atomic E-state index is 12.9. The number of hydrogen-bond acceptors (Lipinski definition) is 2. The summed E-state index contributed by atoms with van der Waals surface area (Å²) in [5, 5.41) is 9.69. The summed E-state index contributed by atoms with van der Waals surface area (Å²) < 4.78 is 12.9. The first kappa shape index (κ1) is 8.26. The maximum Gasteiger partial charge on any atom is 0.144 e. The molecule has 2 rings (SSSR count). The lowest BCUT2D eigenvalue weighted by Crippen LogP contribution is -1.83. The van der Waals surface area contributed by atoms with Gasteiger partial charge in [0.05, 0.1) is 11.7 Å². The van der Waals surface area contributed by atoms with E-state index in [2.05, 4.69) is 4.98 Å². The Bertz CT molecular complexity index is 472. The lowest BCUT2D eigenvalue weighted by atomic mass is 10.2. The third kappa shape index (κ3) is 1.31. The highest BCUT2D eigenvalue weighted by Gasteiger charge is 2.06. The van der Waals surface area contributed by atoms with Crippen LogP contribution in [0.2, 0.25) is 5.02 Å². The third-order valence-electron chi connectivity index (χ3n) is 1.73. The highest BCUT2D eigenvalue weighted by Crippen LogP contribution is 2.26. The average Bonchev–Trinajstić information content (AvgIpc) is 2.12. The molecule has 0 amide bonds. The SMILES string of the molecule is Oc1cnc2c(Cl)c(F)ccc2c1. The first-order valence-electron chi connectivity index (χ1n) is 3.61. The Labute approximate surface area is 78.6 Å². The van der Waals surface area contributed by atoms with Crippen LogP contribution in [0.25, 0.3) is 10.9 Å². The molecule has 2 nitrogen and oxygen atoms in total. The number of pyridine rings is 1. The molecule has 13 heavy (non-hydrogen) atoms. The summed E-state index contributed by atoms with van der Waals surface area (Å²) in [4.78, 5) is 3.82. The molecule has 1 N–H and O–H groups in total. The van der Waals surface area contributed by atoms with E-state index in [0.717, 1.165) is 0 Å². The van der Waals surface area contributed by atoms with Crippen LogP contribution in [0, 0.1) is 5.82 Å². The second-order valence-electron chi connectivity index (χ2n) is 2.63. The number of fused-ring (bicyclic) bond motifs is 1. The number of halogens is 2. The highest BCUT2D eigenvalue weighted by atomic mass is 35.5. The molecule has 1 aromatic heterocycles. The minimum absolute atomic E-state index is 0.0162. The summed E-state index contributed by atoms with van der Waals surface area (Å²) in [7, 11) is 0. The van der Waals surface area contributed by atoms with Crippen molar-refractivity contribution in [2.45, 2.75) is 0 Å². The number of benzene rings is 1. The van der Waals surface area contributed by atoms with Gasteiger partial charge in [0.25, 0.3) is 0 Å². The monoisotopic (exact) mass is 197 g/mol. The lowest BCUT2D eigenvalue weighted by Gasteiger charge is -2.00. The Hall–Kier alpha value is -1.35. The van der Waals surface area contributed by atoms with Crippen LogP contribution in [0.15, 0.2) is 24.4 Å². The molecule has 0 aliphatic heterocycles. The van der Waals surface area contributed by atoms with Gasteiger partial charge in [0.1, 0.15) is 16.6 Å². The second kappa shape index (κ2) is 2.85. The van der Waals surface area contributed by atoms with Crippen molar-refractivity contribution < 1.29 is 9.50 Å². The van der Waals surface area contributed by atoms with Crippen LogP contribution < -0.4 is 0 Å². The van der Waals surface area contributed by atoms with Crippen LogP contribution in [-0.2, 0) is 0 Å². The fourth-order valence-electron chi connectivity index (χ4n) is 1.13. The van der Waals surface area contributed by atoms with Gasteiger partial charge in [-0.25, -0.2) is 4.39 Å². The van der Waals surface area contributed by atoms with Gasteiger partial charge in [-0.15, -0.1) is 0 Å². The van der Waals surface area contributed by atoms with Crippen LogP contribution >= 0.6 is 11.6 Å². The molecule has 0 bridgehead atoms. The molecule has 4 heteroatoms. The van der Waals surface area contributed by atoms with E-state index in [0.29, 0.717) is 10.9 Å². The minimum atomic E-state index is -0.507. The zero-order valence-electron chi connectivity index (χ0n) is 6.46. The van der Waals surface area contributed by atoms with E-state index in [1.54, 1.807) is 0 Å². The van der Waals surface area contributed by atoms with E-state index >= 15 is 0 Å². The largest absolute Gasteiger partial charge is 0.506 e. The minimum Gasteiger partial charge on any atom is -0.506 e. The third-order valence-corrected chi connectivity index (χ3v) is 2.09. The van der Waals surface area contributed by atoms with E-state index in [1.807, 2.05) is 0 Å². The molecule has 0 radical (unpaired) electrons. The Morgan fingerprint density at radius 1 is 1.38 bits per heavy atom. The predicted molar refractivity (Wildman–Crippen MR) is 48.4 cm³/mol. The molecule has 66 valence electrons. The van der Waals surface area contributed by atoms with Gasteiger partial charge in [0, 0.05) is 5.39 Å². The first-order chi connectivity index (χ1) is 6.18. The van der Waals surface area contributed by atoms with Crippen molar-refractivity contribution in [2.75, 3.05) is 0 Å². The Balaban J connectivity index is 2.87. The smallest absolute Gasteiger partial charge is 0.144 e. The van der Waals surface area contributed by atoms with E-state index in [-0.39, 0.29) is 10.8 Å². The molecule has 1 aromatic carbocycles. The van der Waals surface area contributed by atoms with Gasteiger partial charge in [-0.05, 0) is 18.2 Å². The average molecular weight is 198 g/mol. The predicted octanol–water partition coefficient (Wildman–Crippen LogP) is 2.73. The van der Waals surface area contributed by atoms with Crippen molar-refractivity contribution in [3.05, 3.63) is 35.2 Å². The van der Waals surface area contributed by atoms with Gasteiger partial charge in [0.15, 0.2) is 0 Å². The Morgan fingerprint density at radius 2 is 2.15 bits per heavy atom. The fourth-order valence-corrected chi connectivity index (χ4v) is 1.35. The summed E-state index contributed by atoms with van der Waals surface area (Å²) in [6.45, 7) is 0. The van der Waals surface area contributed by atoms with Gasteiger partial charge in [-0.3, -0.25) is 4.98 Å². The second-order valence-corrected chi connectivity index (χ2v) is 3.00. The van der Waals surface area contributed by atoms with Gasteiger partial charge >= 0.3 is 0 Å². The van der Waals surface area contributed by atoms with Crippen molar-refractivity contribution in [1.82, 2.24) is 4.98 Å². The van der Waals surface area contributed by atoms with Crippen LogP contribution in [0.3, 0.4) is 0 Å². The van der Waals surface area contributed by atoms with Crippen LogP contribution in [0.4, 0.5) is 4.39 Å². The molecule has 0 spiro atoms. The van der Waals surface area contributed by atoms with E-state index in [4.69, 9.17) is 16.7 Å². The molecule has 0 aliphatic rings. The zero-order chi connectivity index (χ0) is 9.42. The normalized spacial score (nSPS) is 10.6. The molecule has 2 aromatic rings. The van der Waals surface area contributed by atoms with Gasteiger partial charge in [0.2, 0.25) is 0 Å². The molecule has 0 unspecified atom stereocenters. The first-order valence-corrected chi connectivity index (χ1v) is 3.99. The lowest BCUT2D eigenvalue weighted by molar-refractivity contribution is 0.474. The van der Waals surface area contributed by atoms with E-state index < -0.39 is 5.82 Å². The standard InChI is InChI=1S/C9H5ClFNO/c10-8-7(11)2-1-5-3-6(13)4-12-9(5)8/h1-4,13H. The van der Waals surface area contributed by atoms with Gasteiger partial charge < -0.3 is 5.11 Å². The Kier molecular flexibility index (Phi) is 1.81. The van der Waals surface area contributed by atoms with Gasteiger partial charge in [-0.1, -0.05) is 11.6 Å². The summed E-state index contributed by atoms with van der Waals surface area (Å²) in [6.07, 6.45) is 1.23. The number of aromatic hydroxyl groups is 1. The Morgan fingerprint density at radius 3 is 2.92 bits per heavy atom. The summed E-state index contributed by atoms with van der Waals surface area (Å²) >= 11 is 5.66. The molecular weight excluding hydrogens is 193 g/mol. The summed E-state index contributed by atoms with van der Waals surface area (Å²) in [5.74, 6) is -0.470. The zero-order valence-corrected chi connectivity index (χ0v) is 7.22.